The zero-order valence-electron chi connectivity index (χ0n) is 24.9. The Labute approximate surface area is 291 Å². The van der Waals surface area contributed by atoms with Gasteiger partial charge in [0, 0.05) is 17.1 Å². The molecule has 0 aromatic heterocycles. The summed E-state index contributed by atoms with van der Waals surface area (Å²) in [5.41, 5.74) is -2.79. The van der Waals surface area contributed by atoms with Gasteiger partial charge in [0.15, 0.2) is 0 Å². The van der Waals surface area contributed by atoms with Gasteiger partial charge in [0.1, 0.15) is 0 Å². The van der Waals surface area contributed by atoms with Crippen LogP contribution < -0.4 is 20.8 Å². The van der Waals surface area contributed by atoms with Crippen molar-refractivity contribution in [2.75, 3.05) is 26.2 Å². The number of carbonyl (C=O) groups excluding carboxylic acids is 4. The van der Waals surface area contributed by atoms with Crippen molar-refractivity contribution in [3.05, 3.63) is 70.2 Å². The molecule has 0 aromatic rings. The smallest absolute Gasteiger partial charge is 0.346 e. The molecular formula is C30H38Br2CuN6O6-4. The van der Waals surface area contributed by atoms with Crippen LogP contribution in [0.25, 0.3) is 10.6 Å². The fourth-order valence-electron chi connectivity index (χ4n) is 4.31. The molecule has 4 aliphatic heterocycles. The van der Waals surface area contributed by atoms with Crippen LogP contribution in [0, 0.1) is 10.8 Å². The maximum atomic E-state index is 11.7. The van der Waals surface area contributed by atoms with Crippen LogP contribution in [-0.2, 0) is 26.7 Å². The summed E-state index contributed by atoms with van der Waals surface area (Å²) in [5, 5.41) is 35.7. The van der Waals surface area contributed by atoms with Gasteiger partial charge in [-0.05, 0) is 46.4 Å². The van der Waals surface area contributed by atoms with Gasteiger partial charge < -0.3 is 20.8 Å². The minimum Gasteiger partial charge on any atom is -0.861 e. The van der Waals surface area contributed by atoms with E-state index in [-0.39, 0.29) is 42.8 Å². The molecule has 1 saturated heterocycles. The Kier molecular flexibility index (Phi) is 20.6. The molecule has 2 unspecified atom stereocenters. The van der Waals surface area contributed by atoms with Crippen molar-refractivity contribution >= 4 is 67.5 Å². The van der Waals surface area contributed by atoms with Gasteiger partial charge in [-0.1, -0.05) is 88.9 Å². The van der Waals surface area contributed by atoms with Crippen LogP contribution in [0.1, 0.15) is 51.4 Å². The molecule has 4 rings (SSSR count). The molecule has 0 bridgehead atoms. The summed E-state index contributed by atoms with van der Waals surface area (Å²) < 4.78 is 0.977. The van der Waals surface area contributed by atoms with E-state index in [1.54, 1.807) is 0 Å². The minimum absolute atomic E-state index is 0. The van der Waals surface area contributed by atoms with Crippen LogP contribution in [0.15, 0.2) is 69.6 Å². The third kappa shape index (κ3) is 14.1. The van der Waals surface area contributed by atoms with Crippen LogP contribution >= 0.6 is 31.9 Å². The Bertz CT molecular complexity index is 1110. The summed E-state index contributed by atoms with van der Waals surface area (Å²) in [5.74, 6) is -2.81. The maximum absolute atomic E-state index is 11.7. The molecule has 4 heterocycles. The fraction of sp³-hybridized carbons (Fsp3) is 0.467. The first-order chi connectivity index (χ1) is 20.8. The standard InChI is InChI=1S/2C10H11BrN2O3.C5H10N.C5H8N.Cu/c2*1-3-4-10(5-6(2)11)7(14)12-9(16)13-8(10)15;2*1-2-4-6-5-3-1;/h2*3H,1-2,4-5H2,(H2,12,13,14,15,16);1-5H2;1-2H,3-5H2;/q;;2*-1;/p-2. The molecule has 6 amide bonds. The van der Waals surface area contributed by atoms with Crippen molar-refractivity contribution in [1.29, 1.82) is 0 Å². The van der Waals surface area contributed by atoms with E-state index in [4.69, 9.17) is 0 Å². The molecule has 0 saturated carbocycles. The summed E-state index contributed by atoms with van der Waals surface area (Å²) >= 11 is 6.20. The number of imide groups is 2. The molecule has 0 aromatic carbocycles. The third-order valence-electron chi connectivity index (χ3n) is 6.50. The zero-order valence-corrected chi connectivity index (χ0v) is 29.0. The molecule has 2 atom stereocenters. The van der Waals surface area contributed by atoms with E-state index < -0.39 is 46.5 Å². The summed E-state index contributed by atoms with van der Waals surface area (Å²) in [7, 11) is 0. The van der Waals surface area contributed by atoms with Crippen molar-refractivity contribution < 1.29 is 46.5 Å². The topological polar surface area (TPSA) is 191 Å². The second kappa shape index (κ2) is 21.9. The van der Waals surface area contributed by atoms with Crippen LogP contribution in [0.5, 0.6) is 0 Å². The van der Waals surface area contributed by atoms with E-state index in [0.29, 0.717) is 8.96 Å². The first-order valence-electron chi connectivity index (χ1n) is 13.9. The second-order valence-corrected chi connectivity index (χ2v) is 12.3. The largest absolute Gasteiger partial charge is 0.861 e. The van der Waals surface area contributed by atoms with Gasteiger partial charge in [-0.2, -0.15) is 0 Å². The zero-order chi connectivity index (χ0) is 33.2. The number of nitrogens with one attached hydrogen (secondary N) is 2. The molecule has 0 aliphatic carbocycles. The van der Waals surface area contributed by atoms with E-state index in [2.05, 4.69) is 90.9 Å². The van der Waals surface area contributed by atoms with Gasteiger partial charge in [0.25, 0.3) is 0 Å². The number of hydrogen-bond acceptors (Lipinski definition) is 6. The van der Waals surface area contributed by atoms with Crippen LogP contribution in [0.4, 0.5) is 9.59 Å². The first kappa shape index (κ1) is 42.3. The molecule has 45 heavy (non-hydrogen) atoms. The number of amides is 6. The Hall–Kier alpha value is -2.68. The molecule has 15 heteroatoms. The SMILES string of the molecule is C1=CC[N-]CC1.C1CC[N-]CC1.C=CCC1(CC(=C)Br)C(=O)NC(=O)N=C1[O-].C=CCC1(CC(=C)Br)C(=O)NC(=O)N=C1[O-].[Cu]. The number of halogens is 2. The molecule has 253 valence electrons. The summed E-state index contributed by atoms with van der Waals surface area (Å²) in [6, 6.07) is -1.84. The van der Waals surface area contributed by atoms with E-state index >= 15 is 0 Å². The number of hydrogen-bond donors (Lipinski definition) is 2. The quantitative estimate of drug-likeness (QED) is 0.267. The number of aliphatic imine (C=N–C) groups is 2. The number of piperidine rings is 1. The second-order valence-electron chi connectivity index (χ2n) is 10.0. The van der Waals surface area contributed by atoms with Gasteiger partial charge >= 0.3 is 12.1 Å². The predicted molar refractivity (Wildman–Crippen MR) is 176 cm³/mol. The Morgan fingerprint density at radius 2 is 1.24 bits per heavy atom. The number of rotatable bonds is 8. The average Bonchev–Trinajstić information content (AvgIpc) is 2.97. The van der Waals surface area contributed by atoms with Gasteiger partial charge in [-0.3, -0.25) is 20.2 Å². The third-order valence-corrected chi connectivity index (χ3v) is 7.06. The summed E-state index contributed by atoms with van der Waals surface area (Å²) in [6.07, 6.45) is 12.8. The molecule has 4 aliphatic rings. The van der Waals surface area contributed by atoms with Crippen molar-refractivity contribution in [3.63, 3.8) is 0 Å². The van der Waals surface area contributed by atoms with Crippen LogP contribution in [0.3, 0.4) is 0 Å². The number of allylic oxidation sites excluding steroid dienone is 4. The molecular weight excluding hydrogens is 764 g/mol. The summed E-state index contributed by atoms with van der Waals surface area (Å²) in [4.78, 5) is 51.7. The number of carbonyl (C=O) groups is 4. The normalized spacial score (nSPS) is 23.6. The van der Waals surface area contributed by atoms with Crippen molar-refractivity contribution in [1.82, 2.24) is 10.6 Å². The van der Waals surface area contributed by atoms with Crippen molar-refractivity contribution in [2.45, 2.75) is 51.4 Å². The Morgan fingerprint density at radius 1 is 0.800 bits per heavy atom. The average molecular weight is 802 g/mol. The molecule has 1 radical (unpaired) electrons. The number of urea groups is 2. The monoisotopic (exact) mass is 799 g/mol. The number of nitrogens with zero attached hydrogens (tertiary/aromatic N) is 4. The van der Waals surface area contributed by atoms with E-state index in [1.807, 2.05) is 10.6 Å². The molecule has 1 fully saturated rings. The van der Waals surface area contributed by atoms with Gasteiger partial charge in [-0.15, -0.1) is 45.4 Å². The molecule has 12 nitrogen and oxygen atoms in total. The Balaban J connectivity index is 0.000000621. The van der Waals surface area contributed by atoms with E-state index in [1.165, 1.54) is 31.4 Å². The van der Waals surface area contributed by atoms with Gasteiger partial charge in [-0.25, -0.2) is 19.6 Å². The summed E-state index contributed by atoms with van der Waals surface area (Å²) in [6.45, 7) is 18.4. The fourth-order valence-corrected chi connectivity index (χ4v) is 5.26. The van der Waals surface area contributed by atoms with Gasteiger partial charge in [0.2, 0.25) is 11.8 Å². The van der Waals surface area contributed by atoms with Crippen molar-refractivity contribution in [2.24, 2.45) is 20.8 Å². The molecule has 2 N–H and O–H groups in total. The maximum Gasteiger partial charge on any atom is 0.346 e. The van der Waals surface area contributed by atoms with Gasteiger partial charge in [0.05, 0.1) is 10.8 Å². The Morgan fingerprint density at radius 3 is 1.44 bits per heavy atom. The van der Waals surface area contributed by atoms with Crippen molar-refractivity contribution in [3.8, 4) is 0 Å². The van der Waals surface area contributed by atoms with Crippen LogP contribution in [-0.4, -0.2) is 61.9 Å². The van der Waals surface area contributed by atoms with Crippen LogP contribution in [0.2, 0.25) is 0 Å². The van der Waals surface area contributed by atoms with E-state index in [9.17, 15) is 29.4 Å². The first-order valence-corrected chi connectivity index (χ1v) is 15.5. The van der Waals surface area contributed by atoms with E-state index in [0.717, 1.165) is 32.6 Å². The predicted octanol–water partition coefficient (Wildman–Crippen LogP) is 4.57. The minimum atomic E-state index is -1.39. The molecule has 0 spiro atoms.